The molecule has 2 heterocycles. The van der Waals surface area contributed by atoms with Gasteiger partial charge in [0, 0.05) is 24.2 Å². The van der Waals surface area contributed by atoms with Gasteiger partial charge < -0.3 is 20.1 Å². The molecule has 1 aliphatic rings. The van der Waals surface area contributed by atoms with Crippen LogP contribution in [0.3, 0.4) is 0 Å². The number of aromatic nitrogens is 2. The van der Waals surface area contributed by atoms with Crippen LogP contribution in [0.15, 0.2) is 71.5 Å². The number of ether oxygens (including phenoxy) is 2. The molecule has 3 aromatic carbocycles. The summed E-state index contributed by atoms with van der Waals surface area (Å²) in [6.07, 6.45) is 0.358. The second kappa shape index (κ2) is 10.1. The van der Waals surface area contributed by atoms with Gasteiger partial charge in [0.2, 0.25) is 11.8 Å². The Balaban J connectivity index is 1.60. The molecule has 0 spiro atoms. The van der Waals surface area contributed by atoms with Crippen LogP contribution < -0.4 is 25.7 Å². The first kappa shape index (κ1) is 24.1. The van der Waals surface area contributed by atoms with Crippen molar-refractivity contribution in [3.05, 3.63) is 77.1 Å². The van der Waals surface area contributed by atoms with Gasteiger partial charge in [-0.25, -0.2) is 4.98 Å². The highest BCUT2D eigenvalue weighted by Crippen LogP contribution is 2.33. The third kappa shape index (κ3) is 4.75. The number of anilines is 2. The first-order chi connectivity index (χ1) is 18.0. The number of benzene rings is 3. The Morgan fingerprint density at radius 3 is 2.49 bits per heavy atom. The van der Waals surface area contributed by atoms with Crippen LogP contribution in [0, 0.1) is 0 Å². The quantitative estimate of drug-likeness (QED) is 0.408. The molecule has 0 fully saturated rings. The zero-order valence-corrected chi connectivity index (χ0v) is 20.5. The number of hydrogen-bond acceptors (Lipinski definition) is 6. The zero-order valence-electron chi connectivity index (χ0n) is 20.5. The second-order valence-corrected chi connectivity index (χ2v) is 8.62. The van der Waals surface area contributed by atoms with Crippen molar-refractivity contribution in [3.8, 4) is 22.8 Å². The lowest BCUT2D eigenvalue weighted by Gasteiger charge is -2.22. The fraction of sp³-hybridized carbons (Fsp3) is 0.214. The van der Waals surface area contributed by atoms with Gasteiger partial charge >= 0.3 is 0 Å². The standard InChI is InChI=1S/C28H26N4O5/c1-3-22(27(34)30-18-12-13-24-25(16-18)37-15-14-36-24)32-23-11-7-6-10-21(23)31-26(28(32)35)19-8-4-5-9-20(19)29-17(2)33/h4-13,16,22H,3,14-15H2,1-2H3,(H,29,33)(H,30,34)/t22-/m0/s1. The highest BCUT2D eigenvalue weighted by Gasteiger charge is 2.26. The van der Waals surface area contributed by atoms with Gasteiger partial charge in [0.05, 0.1) is 16.7 Å². The molecule has 9 heteroatoms. The second-order valence-electron chi connectivity index (χ2n) is 8.62. The van der Waals surface area contributed by atoms with E-state index in [1.807, 2.05) is 13.0 Å². The van der Waals surface area contributed by atoms with E-state index in [-0.39, 0.29) is 17.5 Å². The van der Waals surface area contributed by atoms with Crippen molar-refractivity contribution in [2.45, 2.75) is 26.3 Å². The highest BCUT2D eigenvalue weighted by atomic mass is 16.6. The van der Waals surface area contributed by atoms with Gasteiger partial charge in [-0.05, 0) is 36.8 Å². The molecule has 0 bridgehead atoms. The van der Waals surface area contributed by atoms with Crippen LogP contribution in [-0.4, -0.2) is 34.6 Å². The molecule has 0 saturated heterocycles. The Kier molecular flexibility index (Phi) is 6.59. The van der Waals surface area contributed by atoms with Crippen molar-refractivity contribution < 1.29 is 19.1 Å². The van der Waals surface area contributed by atoms with Crippen LogP contribution in [0.25, 0.3) is 22.3 Å². The van der Waals surface area contributed by atoms with Crippen molar-refractivity contribution in [2.75, 3.05) is 23.8 Å². The first-order valence-electron chi connectivity index (χ1n) is 12.0. The van der Waals surface area contributed by atoms with Gasteiger partial charge in [0.25, 0.3) is 5.56 Å². The normalized spacial score (nSPS) is 13.1. The lowest BCUT2D eigenvalue weighted by atomic mass is 10.1. The van der Waals surface area contributed by atoms with E-state index in [0.717, 1.165) is 0 Å². The summed E-state index contributed by atoms with van der Waals surface area (Å²) in [6.45, 7) is 4.16. The average Bonchev–Trinajstić information content (AvgIpc) is 2.90. The molecule has 0 aliphatic carbocycles. The number of carbonyl (C=O) groups is 2. The summed E-state index contributed by atoms with van der Waals surface area (Å²) < 4.78 is 12.7. The fourth-order valence-corrected chi connectivity index (χ4v) is 4.46. The molecule has 5 rings (SSSR count). The van der Waals surface area contributed by atoms with Crippen molar-refractivity contribution in [1.29, 1.82) is 0 Å². The summed E-state index contributed by atoms with van der Waals surface area (Å²) in [5.74, 6) is 0.563. The molecular weight excluding hydrogens is 472 g/mol. The van der Waals surface area contributed by atoms with Crippen LogP contribution >= 0.6 is 0 Å². The molecule has 9 nitrogen and oxygen atoms in total. The summed E-state index contributed by atoms with van der Waals surface area (Å²) in [5, 5.41) is 5.68. The molecule has 1 aromatic heterocycles. The molecule has 2 N–H and O–H groups in total. The van der Waals surface area contributed by atoms with E-state index in [9.17, 15) is 14.4 Å². The van der Waals surface area contributed by atoms with E-state index in [2.05, 4.69) is 15.6 Å². The minimum absolute atomic E-state index is 0.147. The number of carbonyl (C=O) groups excluding carboxylic acids is 2. The number of para-hydroxylation sites is 3. The number of amides is 2. The van der Waals surface area contributed by atoms with E-state index < -0.39 is 11.6 Å². The smallest absolute Gasteiger partial charge is 0.278 e. The number of fused-ring (bicyclic) bond motifs is 2. The highest BCUT2D eigenvalue weighted by molar-refractivity contribution is 5.96. The van der Waals surface area contributed by atoms with Crippen LogP contribution in [0.1, 0.15) is 26.3 Å². The average molecular weight is 499 g/mol. The van der Waals surface area contributed by atoms with Crippen molar-refractivity contribution in [3.63, 3.8) is 0 Å². The molecule has 0 unspecified atom stereocenters. The lowest BCUT2D eigenvalue weighted by molar-refractivity contribution is -0.119. The number of nitrogens with one attached hydrogen (secondary N) is 2. The van der Waals surface area contributed by atoms with Crippen LogP contribution in [0.2, 0.25) is 0 Å². The van der Waals surface area contributed by atoms with Gasteiger partial charge in [0.1, 0.15) is 24.9 Å². The van der Waals surface area contributed by atoms with Crippen molar-refractivity contribution in [2.24, 2.45) is 0 Å². The molecular formula is C28H26N4O5. The minimum Gasteiger partial charge on any atom is -0.486 e. The lowest BCUT2D eigenvalue weighted by Crippen LogP contribution is -2.34. The maximum atomic E-state index is 13.9. The van der Waals surface area contributed by atoms with Crippen molar-refractivity contribution in [1.82, 2.24) is 9.55 Å². The molecule has 188 valence electrons. The van der Waals surface area contributed by atoms with Gasteiger partial charge in [-0.3, -0.25) is 19.0 Å². The monoisotopic (exact) mass is 498 g/mol. The predicted octanol–water partition coefficient (Wildman–Crippen LogP) is 4.38. The molecule has 2 amide bonds. The maximum absolute atomic E-state index is 13.9. The van der Waals surface area contributed by atoms with E-state index >= 15 is 0 Å². The Morgan fingerprint density at radius 1 is 0.973 bits per heavy atom. The number of hydrogen-bond donors (Lipinski definition) is 2. The molecule has 0 radical (unpaired) electrons. The summed E-state index contributed by atoms with van der Waals surface area (Å²) in [4.78, 5) is 43.9. The van der Waals surface area contributed by atoms with Gasteiger partial charge in [0.15, 0.2) is 11.5 Å². The third-order valence-electron chi connectivity index (χ3n) is 6.10. The summed E-state index contributed by atoms with van der Waals surface area (Å²) in [5.41, 5.74) is 2.29. The zero-order chi connectivity index (χ0) is 25.9. The largest absolute Gasteiger partial charge is 0.486 e. The van der Waals surface area contributed by atoms with Crippen LogP contribution in [0.4, 0.5) is 11.4 Å². The van der Waals surface area contributed by atoms with E-state index in [1.165, 1.54) is 11.5 Å². The van der Waals surface area contributed by atoms with Gasteiger partial charge in [-0.1, -0.05) is 37.3 Å². The Labute approximate surface area is 213 Å². The number of rotatable bonds is 6. The Bertz CT molecular complexity index is 1560. The number of nitrogens with zero attached hydrogens (tertiary/aromatic N) is 2. The summed E-state index contributed by atoms with van der Waals surface area (Å²) >= 11 is 0. The third-order valence-corrected chi connectivity index (χ3v) is 6.10. The maximum Gasteiger partial charge on any atom is 0.278 e. The Hall–Kier alpha value is -4.66. The Morgan fingerprint density at radius 2 is 1.70 bits per heavy atom. The molecule has 1 atom stereocenters. The topological polar surface area (TPSA) is 112 Å². The minimum atomic E-state index is -0.819. The van der Waals surface area contributed by atoms with Gasteiger partial charge in [-0.2, -0.15) is 0 Å². The van der Waals surface area contributed by atoms with Crippen LogP contribution in [-0.2, 0) is 9.59 Å². The fourth-order valence-electron chi connectivity index (χ4n) is 4.46. The van der Waals surface area contributed by atoms with E-state index in [0.29, 0.717) is 59.1 Å². The molecule has 0 saturated carbocycles. The molecule has 1 aliphatic heterocycles. The van der Waals surface area contributed by atoms with E-state index in [4.69, 9.17) is 9.47 Å². The SMILES string of the molecule is CC[C@@H](C(=O)Nc1ccc2c(c1)OCCO2)n1c(=O)c(-c2ccccc2NC(C)=O)nc2ccccc21. The van der Waals surface area contributed by atoms with Gasteiger partial charge in [-0.15, -0.1) is 0 Å². The summed E-state index contributed by atoms with van der Waals surface area (Å²) in [7, 11) is 0. The first-order valence-corrected chi connectivity index (χ1v) is 12.0. The molecule has 37 heavy (non-hydrogen) atoms. The summed E-state index contributed by atoms with van der Waals surface area (Å²) in [6, 6.07) is 18.5. The molecule has 4 aromatic rings. The van der Waals surface area contributed by atoms with Crippen LogP contribution in [0.5, 0.6) is 11.5 Å². The van der Waals surface area contributed by atoms with Crippen molar-refractivity contribution >= 4 is 34.2 Å². The predicted molar refractivity (Wildman–Crippen MR) is 141 cm³/mol. The van der Waals surface area contributed by atoms with E-state index in [1.54, 1.807) is 60.7 Å².